The summed E-state index contributed by atoms with van der Waals surface area (Å²) in [5, 5.41) is 5.82. The first kappa shape index (κ1) is 18.1. The zero-order valence-electron chi connectivity index (χ0n) is 15.7. The molecular weight excluding hydrogens is 326 g/mol. The summed E-state index contributed by atoms with van der Waals surface area (Å²) >= 11 is 0. The van der Waals surface area contributed by atoms with Crippen LogP contribution in [0.4, 0.5) is 5.69 Å². The number of carbonyl (C=O) groups excluding carboxylic acids is 2. The summed E-state index contributed by atoms with van der Waals surface area (Å²) in [5.74, 6) is -0.442. The molecule has 26 heavy (non-hydrogen) atoms. The van der Waals surface area contributed by atoms with Crippen molar-refractivity contribution >= 4 is 17.5 Å². The molecule has 1 aromatic carbocycles. The SMILES string of the molecule is Cc1ccc2c(c1)C(C(=O)Nc1ccnc(C(=O)NC(C)(C)C)c1)CC2. The van der Waals surface area contributed by atoms with Gasteiger partial charge in [0.05, 0.1) is 5.92 Å². The minimum Gasteiger partial charge on any atom is -0.346 e. The molecule has 0 saturated carbocycles. The molecule has 3 rings (SSSR count). The normalized spacial score (nSPS) is 16.1. The van der Waals surface area contributed by atoms with Gasteiger partial charge in [-0.2, -0.15) is 0 Å². The molecule has 0 aliphatic heterocycles. The summed E-state index contributed by atoms with van der Waals surface area (Å²) in [7, 11) is 0. The fraction of sp³-hybridized carbons (Fsp3) is 0.381. The van der Waals surface area contributed by atoms with Crippen molar-refractivity contribution in [1.82, 2.24) is 10.3 Å². The zero-order chi connectivity index (χ0) is 18.9. The molecule has 1 atom stereocenters. The number of hydrogen-bond donors (Lipinski definition) is 2. The lowest BCUT2D eigenvalue weighted by Crippen LogP contribution is -2.40. The van der Waals surface area contributed by atoms with E-state index in [0.29, 0.717) is 11.4 Å². The van der Waals surface area contributed by atoms with Crippen LogP contribution in [0.5, 0.6) is 0 Å². The highest BCUT2D eigenvalue weighted by atomic mass is 16.2. The molecule has 0 fully saturated rings. The summed E-state index contributed by atoms with van der Waals surface area (Å²) in [4.78, 5) is 29.1. The average Bonchev–Trinajstić information content (AvgIpc) is 2.96. The Labute approximate surface area is 154 Å². The van der Waals surface area contributed by atoms with Gasteiger partial charge in [0, 0.05) is 17.4 Å². The molecule has 0 spiro atoms. The van der Waals surface area contributed by atoms with Crippen LogP contribution in [0.25, 0.3) is 0 Å². The maximum absolute atomic E-state index is 12.8. The number of aromatic nitrogens is 1. The summed E-state index contributed by atoms with van der Waals surface area (Å²) in [6.07, 6.45) is 3.27. The molecule has 2 aromatic rings. The molecule has 5 nitrogen and oxygen atoms in total. The fourth-order valence-electron chi connectivity index (χ4n) is 3.26. The van der Waals surface area contributed by atoms with E-state index in [-0.39, 0.29) is 23.3 Å². The molecule has 0 radical (unpaired) electrons. The first-order valence-electron chi connectivity index (χ1n) is 8.92. The molecule has 1 unspecified atom stereocenters. The lowest BCUT2D eigenvalue weighted by Gasteiger charge is -2.20. The number of aryl methyl sites for hydroxylation is 2. The van der Waals surface area contributed by atoms with E-state index in [4.69, 9.17) is 0 Å². The number of hydrogen-bond acceptors (Lipinski definition) is 3. The number of rotatable bonds is 3. The lowest BCUT2D eigenvalue weighted by molar-refractivity contribution is -0.117. The molecule has 1 aliphatic rings. The number of benzene rings is 1. The zero-order valence-corrected chi connectivity index (χ0v) is 15.7. The third-order valence-electron chi connectivity index (χ3n) is 4.44. The maximum atomic E-state index is 12.8. The van der Waals surface area contributed by atoms with Crippen molar-refractivity contribution in [2.24, 2.45) is 0 Å². The summed E-state index contributed by atoms with van der Waals surface area (Å²) < 4.78 is 0. The second kappa shape index (κ2) is 6.90. The van der Waals surface area contributed by atoms with Gasteiger partial charge >= 0.3 is 0 Å². The maximum Gasteiger partial charge on any atom is 0.270 e. The van der Waals surface area contributed by atoms with Gasteiger partial charge < -0.3 is 10.6 Å². The Morgan fingerprint density at radius 2 is 1.92 bits per heavy atom. The van der Waals surface area contributed by atoms with Crippen LogP contribution in [0.2, 0.25) is 0 Å². The number of carbonyl (C=O) groups is 2. The van der Waals surface area contributed by atoms with Crippen LogP contribution < -0.4 is 10.6 Å². The van der Waals surface area contributed by atoms with E-state index in [1.807, 2.05) is 27.7 Å². The van der Waals surface area contributed by atoms with E-state index < -0.39 is 0 Å². The van der Waals surface area contributed by atoms with Crippen LogP contribution in [0.1, 0.15) is 60.3 Å². The minimum absolute atomic E-state index is 0.0391. The molecule has 1 aliphatic carbocycles. The van der Waals surface area contributed by atoms with E-state index in [1.165, 1.54) is 5.56 Å². The van der Waals surface area contributed by atoms with Crippen LogP contribution >= 0.6 is 0 Å². The number of fused-ring (bicyclic) bond motifs is 1. The predicted molar refractivity (Wildman–Crippen MR) is 102 cm³/mol. The minimum atomic E-state index is -0.344. The monoisotopic (exact) mass is 351 g/mol. The van der Waals surface area contributed by atoms with Gasteiger partial charge in [0.1, 0.15) is 5.69 Å². The molecule has 5 heteroatoms. The Morgan fingerprint density at radius 1 is 1.15 bits per heavy atom. The summed E-state index contributed by atoms with van der Waals surface area (Å²) in [5.41, 5.74) is 4.06. The van der Waals surface area contributed by atoms with Crippen molar-refractivity contribution in [2.45, 2.75) is 52.0 Å². The van der Waals surface area contributed by atoms with Gasteiger partial charge in [0.25, 0.3) is 5.91 Å². The summed E-state index contributed by atoms with van der Waals surface area (Å²) in [6.45, 7) is 7.78. The number of anilines is 1. The van der Waals surface area contributed by atoms with Gasteiger partial charge in [-0.1, -0.05) is 23.8 Å². The molecular formula is C21H25N3O2. The summed E-state index contributed by atoms with van der Waals surface area (Å²) in [6, 6.07) is 9.62. The van der Waals surface area contributed by atoms with Crippen molar-refractivity contribution < 1.29 is 9.59 Å². The van der Waals surface area contributed by atoms with Gasteiger partial charge in [0.15, 0.2) is 0 Å². The Kier molecular flexibility index (Phi) is 4.81. The Bertz CT molecular complexity index is 853. The first-order valence-corrected chi connectivity index (χ1v) is 8.92. The van der Waals surface area contributed by atoms with Crippen LogP contribution in [0.3, 0.4) is 0 Å². The Balaban J connectivity index is 1.74. The second-order valence-corrected chi connectivity index (χ2v) is 7.92. The number of amides is 2. The van der Waals surface area contributed by atoms with Gasteiger partial charge in [-0.3, -0.25) is 14.6 Å². The Morgan fingerprint density at radius 3 is 2.65 bits per heavy atom. The highest BCUT2D eigenvalue weighted by Gasteiger charge is 2.28. The fourth-order valence-corrected chi connectivity index (χ4v) is 3.26. The molecule has 1 heterocycles. The topological polar surface area (TPSA) is 71.1 Å². The van der Waals surface area contributed by atoms with Crippen LogP contribution in [-0.4, -0.2) is 22.3 Å². The van der Waals surface area contributed by atoms with Crippen molar-refractivity contribution in [3.05, 3.63) is 58.9 Å². The number of nitrogens with one attached hydrogen (secondary N) is 2. The standard InChI is InChI=1S/C21H25N3O2/c1-13-5-6-14-7-8-16(17(14)11-13)19(25)23-15-9-10-22-18(12-15)20(26)24-21(2,3)4/h5-6,9-12,16H,7-8H2,1-4H3,(H,24,26)(H,22,23,25). The molecule has 1 aromatic heterocycles. The van der Waals surface area contributed by atoms with Crippen molar-refractivity contribution in [1.29, 1.82) is 0 Å². The third-order valence-corrected chi connectivity index (χ3v) is 4.44. The Hall–Kier alpha value is -2.69. The van der Waals surface area contributed by atoms with E-state index in [0.717, 1.165) is 24.0 Å². The molecule has 0 saturated heterocycles. The molecule has 136 valence electrons. The smallest absolute Gasteiger partial charge is 0.270 e. The van der Waals surface area contributed by atoms with E-state index >= 15 is 0 Å². The van der Waals surface area contributed by atoms with E-state index in [9.17, 15) is 9.59 Å². The lowest BCUT2D eigenvalue weighted by atomic mass is 9.98. The van der Waals surface area contributed by atoms with Crippen molar-refractivity contribution in [3.8, 4) is 0 Å². The predicted octanol–water partition coefficient (Wildman–Crippen LogP) is 3.59. The van der Waals surface area contributed by atoms with Gasteiger partial charge in [-0.25, -0.2) is 0 Å². The van der Waals surface area contributed by atoms with Gasteiger partial charge in [0.2, 0.25) is 5.91 Å². The molecule has 2 amide bonds. The third kappa shape index (κ3) is 4.10. The largest absolute Gasteiger partial charge is 0.346 e. The first-order chi connectivity index (χ1) is 12.2. The second-order valence-electron chi connectivity index (χ2n) is 7.92. The van der Waals surface area contributed by atoms with Gasteiger partial charge in [-0.15, -0.1) is 0 Å². The molecule has 2 N–H and O–H groups in total. The number of nitrogens with zero attached hydrogens (tertiary/aromatic N) is 1. The number of pyridine rings is 1. The van der Waals surface area contributed by atoms with Crippen LogP contribution in [0, 0.1) is 6.92 Å². The molecule has 0 bridgehead atoms. The van der Waals surface area contributed by atoms with Crippen molar-refractivity contribution in [3.63, 3.8) is 0 Å². The highest BCUT2D eigenvalue weighted by molar-refractivity contribution is 5.98. The van der Waals surface area contributed by atoms with Crippen LogP contribution in [-0.2, 0) is 11.2 Å². The van der Waals surface area contributed by atoms with E-state index in [1.54, 1.807) is 18.3 Å². The van der Waals surface area contributed by atoms with E-state index in [2.05, 4.69) is 33.8 Å². The highest BCUT2D eigenvalue weighted by Crippen LogP contribution is 2.34. The average molecular weight is 351 g/mol. The quantitative estimate of drug-likeness (QED) is 0.888. The van der Waals surface area contributed by atoms with Crippen LogP contribution in [0.15, 0.2) is 36.5 Å². The van der Waals surface area contributed by atoms with Crippen molar-refractivity contribution in [2.75, 3.05) is 5.32 Å². The van der Waals surface area contributed by atoms with Gasteiger partial charge in [-0.05, 0) is 63.8 Å².